The lowest BCUT2D eigenvalue weighted by molar-refractivity contribution is -0.136. The second-order valence-corrected chi connectivity index (χ2v) is 7.16. The molecule has 3 unspecified atom stereocenters. The molecule has 0 aliphatic heterocycles. The van der Waals surface area contributed by atoms with Crippen LogP contribution in [0.3, 0.4) is 0 Å². The number of nitrogens with two attached hydrogens (primary N) is 1. The molecule has 0 radical (unpaired) electrons. The Morgan fingerprint density at radius 2 is 1.56 bits per heavy atom. The third kappa shape index (κ3) is 7.21. The van der Waals surface area contributed by atoms with Gasteiger partial charge in [0.05, 0.1) is 52.9 Å². The van der Waals surface area contributed by atoms with Crippen molar-refractivity contribution in [1.82, 2.24) is 5.32 Å². The predicted octanol–water partition coefficient (Wildman–Crippen LogP) is 0.257. The van der Waals surface area contributed by atoms with Gasteiger partial charge in [-0.15, -0.1) is 0 Å². The Morgan fingerprint density at radius 3 is 2.00 bits per heavy atom. The first-order valence-corrected chi connectivity index (χ1v) is 9.59. The molecule has 0 aromatic heterocycles. The van der Waals surface area contributed by atoms with Crippen LogP contribution in [-0.2, 0) is 28.5 Å². The highest BCUT2D eigenvalue weighted by molar-refractivity contribution is 5.81. The summed E-state index contributed by atoms with van der Waals surface area (Å²) in [7, 11) is 0. The zero-order valence-corrected chi connectivity index (χ0v) is 16.1. The smallest absolute Gasteiger partial charge is 0.223 e. The zero-order chi connectivity index (χ0) is 19.5. The maximum absolute atomic E-state index is 12.0. The van der Waals surface area contributed by atoms with Crippen LogP contribution in [0.15, 0.2) is 12.2 Å². The van der Waals surface area contributed by atoms with Crippen molar-refractivity contribution in [2.24, 2.45) is 23.0 Å². The molecule has 0 aromatic carbocycles. The van der Waals surface area contributed by atoms with Crippen molar-refractivity contribution in [3.63, 3.8) is 0 Å². The number of rotatable bonds is 16. The summed E-state index contributed by atoms with van der Waals surface area (Å²) in [6.07, 6.45) is 5.53. The lowest BCUT2D eigenvalue weighted by Crippen LogP contribution is -2.55. The van der Waals surface area contributed by atoms with Crippen molar-refractivity contribution >= 4 is 11.8 Å². The van der Waals surface area contributed by atoms with Crippen LogP contribution >= 0.6 is 0 Å². The molecular formula is C19H32N2O6. The van der Waals surface area contributed by atoms with E-state index in [4.69, 9.17) is 24.7 Å². The first-order valence-electron chi connectivity index (χ1n) is 9.59. The van der Waals surface area contributed by atoms with Gasteiger partial charge in [0, 0.05) is 18.9 Å². The monoisotopic (exact) mass is 384 g/mol. The summed E-state index contributed by atoms with van der Waals surface area (Å²) in [6, 6.07) is 0. The number of carbonyl (C=O) groups is 2. The van der Waals surface area contributed by atoms with Crippen LogP contribution in [0.2, 0.25) is 0 Å². The third-order valence-electron chi connectivity index (χ3n) is 5.03. The molecule has 1 saturated carbocycles. The molecule has 0 heterocycles. The third-order valence-corrected chi connectivity index (χ3v) is 5.03. The molecule has 0 saturated heterocycles. The van der Waals surface area contributed by atoms with Crippen LogP contribution < -0.4 is 11.1 Å². The minimum absolute atomic E-state index is 0.136. The zero-order valence-electron chi connectivity index (χ0n) is 16.1. The molecule has 2 aliphatic carbocycles. The van der Waals surface area contributed by atoms with Crippen LogP contribution in [0.25, 0.3) is 0 Å². The highest BCUT2D eigenvalue weighted by atomic mass is 16.6. The maximum atomic E-state index is 12.0. The number of hydrogen-bond acceptors (Lipinski definition) is 6. The van der Waals surface area contributed by atoms with E-state index >= 15 is 0 Å². The fourth-order valence-electron chi connectivity index (χ4n) is 3.34. The summed E-state index contributed by atoms with van der Waals surface area (Å²) in [5.41, 5.74) is 5.27. The van der Waals surface area contributed by atoms with Crippen LogP contribution in [0.5, 0.6) is 0 Å². The van der Waals surface area contributed by atoms with E-state index in [1.54, 1.807) is 0 Å². The number of primary amides is 1. The second kappa shape index (κ2) is 11.4. The number of ether oxygens (including phenoxy) is 4. The molecule has 3 N–H and O–H groups in total. The van der Waals surface area contributed by atoms with E-state index in [0.717, 1.165) is 6.42 Å². The summed E-state index contributed by atoms with van der Waals surface area (Å²) in [5.74, 6) is 0.330. The number of carbonyl (C=O) groups excluding carboxylic acids is 2. The number of fused-ring (bicyclic) bond motifs is 1. The van der Waals surface area contributed by atoms with Gasteiger partial charge in [-0.1, -0.05) is 19.1 Å². The first kappa shape index (κ1) is 21.8. The quantitative estimate of drug-likeness (QED) is 0.292. The minimum atomic E-state index is -0.370. The van der Waals surface area contributed by atoms with Crippen LogP contribution in [0.4, 0.5) is 0 Å². The maximum Gasteiger partial charge on any atom is 0.223 e. The summed E-state index contributed by atoms with van der Waals surface area (Å²) in [5, 5.41) is 2.94. The lowest BCUT2D eigenvalue weighted by Gasteiger charge is -2.55. The van der Waals surface area contributed by atoms with E-state index < -0.39 is 0 Å². The standard InChI is InChI=1S/C19H32N2O6/c1-19-4-2-16(19)15(14-19)18(23)21-5-7-25-9-11-27-13-12-26-10-8-24-6-3-17(20)22/h2,4,15-16H,3,5-14H2,1H3,(H2,20,22)(H,21,23). The van der Waals surface area contributed by atoms with Crippen molar-refractivity contribution < 1.29 is 28.5 Å². The number of nitrogens with one attached hydrogen (secondary N) is 1. The van der Waals surface area contributed by atoms with E-state index in [1.807, 2.05) is 0 Å². The molecule has 0 aromatic rings. The van der Waals surface area contributed by atoms with Crippen LogP contribution in [0.1, 0.15) is 19.8 Å². The minimum Gasteiger partial charge on any atom is -0.379 e. The predicted molar refractivity (Wildman–Crippen MR) is 98.9 cm³/mol. The molecule has 3 atom stereocenters. The molecule has 8 heteroatoms. The Hall–Kier alpha value is -1.48. The van der Waals surface area contributed by atoms with Gasteiger partial charge in [-0.2, -0.15) is 0 Å². The average Bonchev–Trinajstić information content (AvgIpc) is 2.63. The summed E-state index contributed by atoms with van der Waals surface area (Å²) in [6.45, 7) is 6.36. The Bertz CT molecular complexity index is 512. The van der Waals surface area contributed by atoms with Crippen molar-refractivity contribution in [2.45, 2.75) is 19.8 Å². The molecule has 27 heavy (non-hydrogen) atoms. The average molecular weight is 384 g/mol. The fraction of sp³-hybridized carbons (Fsp3) is 0.789. The largest absolute Gasteiger partial charge is 0.379 e. The van der Waals surface area contributed by atoms with Gasteiger partial charge in [-0.05, 0) is 17.8 Å². The molecule has 8 nitrogen and oxygen atoms in total. The number of hydrogen-bond donors (Lipinski definition) is 2. The normalized spacial score (nSPS) is 25.4. The molecule has 2 aliphatic rings. The molecule has 0 bridgehead atoms. The Kier molecular flexibility index (Phi) is 9.20. The molecule has 154 valence electrons. The molecule has 0 spiro atoms. The van der Waals surface area contributed by atoms with Crippen molar-refractivity contribution in [1.29, 1.82) is 0 Å². The van der Waals surface area contributed by atoms with Crippen LogP contribution in [0, 0.1) is 17.3 Å². The van der Waals surface area contributed by atoms with Gasteiger partial charge in [0.25, 0.3) is 0 Å². The van der Waals surface area contributed by atoms with Gasteiger partial charge in [-0.3, -0.25) is 9.59 Å². The SMILES string of the molecule is CC12C=CC1C(C(=O)NCCOCCOCCOCCOCCC(N)=O)C2. The van der Waals surface area contributed by atoms with E-state index in [0.29, 0.717) is 65.3 Å². The Labute approximate surface area is 160 Å². The van der Waals surface area contributed by atoms with Gasteiger partial charge in [0.15, 0.2) is 0 Å². The topological polar surface area (TPSA) is 109 Å². The van der Waals surface area contributed by atoms with Gasteiger partial charge >= 0.3 is 0 Å². The van der Waals surface area contributed by atoms with Gasteiger partial charge in [0.2, 0.25) is 11.8 Å². The molecule has 1 fully saturated rings. The Morgan fingerprint density at radius 1 is 1.00 bits per heavy atom. The van der Waals surface area contributed by atoms with Gasteiger partial charge < -0.3 is 30.0 Å². The van der Waals surface area contributed by atoms with Crippen molar-refractivity contribution in [3.8, 4) is 0 Å². The van der Waals surface area contributed by atoms with E-state index in [2.05, 4.69) is 24.4 Å². The summed E-state index contributed by atoms with van der Waals surface area (Å²) < 4.78 is 21.3. The Balaban J connectivity index is 1.27. The van der Waals surface area contributed by atoms with Crippen molar-refractivity contribution in [3.05, 3.63) is 12.2 Å². The van der Waals surface area contributed by atoms with Crippen molar-refractivity contribution in [2.75, 3.05) is 59.4 Å². The van der Waals surface area contributed by atoms with Gasteiger partial charge in [-0.25, -0.2) is 0 Å². The first-order chi connectivity index (χ1) is 13.0. The van der Waals surface area contributed by atoms with Crippen LogP contribution in [-0.4, -0.2) is 71.2 Å². The lowest BCUT2D eigenvalue weighted by atomic mass is 9.48. The molecule has 2 amide bonds. The summed E-state index contributed by atoms with van der Waals surface area (Å²) in [4.78, 5) is 22.5. The summed E-state index contributed by atoms with van der Waals surface area (Å²) >= 11 is 0. The number of amides is 2. The number of allylic oxidation sites excluding steroid dienone is 2. The van der Waals surface area contributed by atoms with E-state index in [-0.39, 0.29) is 29.6 Å². The highest BCUT2D eigenvalue weighted by Gasteiger charge is 2.55. The molecular weight excluding hydrogens is 352 g/mol. The second-order valence-electron chi connectivity index (χ2n) is 7.16. The fourth-order valence-corrected chi connectivity index (χ4v) is 3.34. The molecule has 2 rings (SSSR count). The van der Waals surface area contributed by atoms with E-state index in [1.165, 1.54) is 0 Å². The highest BCUT2D eigenvalue weighted by Crippen LogP contribution is 2.58. The van der Waals surface area contributed by atoms with E-state index in [9.17, 15) is 9.59 Å². The van der Waals surface area contributed by atoms with Gasteiger partial charge in [0.1, 0.15) is 0 Å².